The maximum Gasteiger partial charge on any atom is 0.286 e. The second-order valence-electron chi connectivity index (χ2n) is 4.51. The van der Waals surface area contributed by atoms with E-state index >= 15 is 0 Å². The third-order valence-corrected chi connectivity index (χ3v) is 5.00. The molecule has 0 saturated carbocycles. The van der Waals surface area contributed by atoms with Crippen LogP contribution in [0.3, 0.4) is 0 Å². The van der Waals surface area contributed by atoms with Gasteiger partial charge in [0.25, 0.3) is 5.91 Å². The van der Waals surface area contributed by atoms with Crippen LogP contribution in [-0.4, -0.2) is 49.4 Å². The van der Waals surface area contributed by atoms with Crippen LogP contribution in [0.5, 0.6) is 0 Å². The van der Waals surface area contributed by atoms with Gasteiger partial charge in [0.15, 0.2) is 0 Å². The van der Waals surface area contributed by atoms with Crippen molar-refractivity contribution in [2.75, 3.05) is 26.6 Å². The first-order valence-corrected chi connectivity index (χ1v) is 9.53. The van der Waals surface area contributed by atoms with E-state index in [4.69, 9.17) is 11.6 Å². The molecule has 0 aliphatic rings. The quantitative estimate of drug-likeness (QED) is 0.835. The number of halogens is 1. The second-order valence-corrected chi connectivity index (χ2v) is 9.61. The molecular weight excluding hydrogens is 324 g/mol. The fraction of sp³-hybridized carbons (Fsp3) is 0.364. The van der Waals surface area contributed by atoms with Crippen LogP contribution in [0.2, 0.25) is 5.02 Å². The van der Waals surface area contributed by atoms with Gasteiger partial charge in [-0.1, -0.05) is 11.6 Å². The third kappa shape index (κ3) is 4.02. The molecule has 112 valence electrons. The molecule has 0 aliphatic carbocycles. The number of rotatable bonds is 3. The summed E-state index contributed by atoms with van der Waals surface area (Å²) < 4.78 is 40.0. The summed E-state index contributed by atoms with van der Waals surface area (Å²) >= 11 is 5.87. The Bertz CT molecular complexity index is 755. The summed E-state index contributed by atoms with van der Waals surface area (Å²) in [6, 6.07) is 3.73. The Hall–Kier alpha value is -0.960. The molecule has 6 nitrogen and oxygen atoms in total. The van der Waals surface area contributed by atoms with Crippen molar-refractivity contribution in [2.24, 2.45) is 4.36 Å². The summed E-state index contributed by atoms with van der Waals surface area (Å²) in [6.07, 6.45) is 2.61. The first kappa shape index (κ1) is 17.1. The summed E-state index contributed by atoms with van der Waals surface area (Å²) in [7, 11) is -3.58. The topological polar surface area (TPSA) is 83.9 Å². The predicted molar refractivity (Wildman–Crippen MR) is 79.1 cm³/mol. The number of hydrogen-bond donors (Lipinski definition) is 0. The number of hydrogen-bond acceptors (Lipinski definition) is 4. The molecule has 0 saturated heterocycles. The highest BCUT2D eigenvalue weighted by atomic mass is 35.5. The SMILES string of the molecule is CN(C)S(=O)(=O)c1ccc(Cl)c(C(=O)N=S(C)(C)=O)c1. The number of amides is 1. The van der Waals surface area contributed by atoms with Crippen molar-refractivity contribution in [3.05, 3.63) is 28.8 Å². The zero-order chi connectivity index (χ0) is 15.7. The minimum absolute atomic E-state index is 0.0557. The Kier molecular flexibility index (Phi) is 4.96. The van der Waals surface area contributed by atoms with Crippen molar-refractivity contribution in [3.8, 4) is 0 Å². The van der Waals surface area contributed by atoms with Gasteiger partial charge < -0.3 is 0 Å². The standard InChI is InChI=1S/C11H15ClN2O4S2/c1-14(2)20(17,18)8-5-6-10(12)9(7-8)11(15)13-19(3,4)16/h5-7H,1-4H3. The molecule has 0 radical (unpaired) electrons. The van der Waals surface area contributed by atoms with Crippen molar-refractivity contribution in [2.45, 2.75) is 4.90 Å². The molecule has 0 N–H and O–H groups in total. The lowest BCUT2D eigenvalue weighted by molar-refractivity contribution is 0.100. The van der Waals surface area contributed by atoms with Gasteiger partial charge in [-0.3, -0.25) is 4.79 Å². The lowest BCUT2D eigenvalue weighted by Crippen LogP contribution is -2.22. The van der Waals surface area contributed by atoms with Crippen LogP contribution in [0, 0.1) is 0 Å². The van der Waals surface area contributed by atoms with Gasteiger partial charge in [0.1, 0.15) is 0 Å². The number of carbonyl (C=O) groups is 1. The lowest BCUT2D eigenvalue weighted by Gasteiger charge is -2.12. The number of sulfonamides is 1. The van der Waals surface area contributed by atoms with E-state index in [1.54, 1.807) is 0 Å². The van der Waals surface area contributed by atoms with E-state index in [-0.39, 0.29) is 15.5 Å². The van der Waals surface area contributed by atoms with Crippen molar-refractivity contribution < 1.29 is 17.4 Å². The van der Waals surface area contributed by atoms with Crippen LogP contribution in [0.4, 0.5) is 0 Å². The van der Waals surface area contributed by atoms with Crippen molar-refractivity contribution in [1.82, 2.24) is 4.31 Å². The van der Waals surface area contributed by atoms with Crippen molar-refractivity contribution in [3.63, 3.8) is 0 Å². The van der Waals surface area contributed by atoms with E-state index < -0.39 is 25.7 Å². The minimum atomic E-state index is -3.68. The fourth-order valence-corrected chi connectivity index (χ4v) is 2.91. The van der Waals surface area contributed by atoms with Gasteiger partial charge in [0.05, 0.1) is 15.5 Å². The van der Waals surface area contributed by atoms with Crippen LogP contribution in [0.1, 0.15) is 10.4 Å². The van der Waals surface area contributed by atoms with Crippen LogP contribution < -0.4 is 0 Å². The first-order chi connectivity index (χ1) is 8.95. The highest BCUT2D eigenvalue weighted by Crippen LogP contribution is 2.23. The zero-order valence-corrected chi connectivity index (χ0v) is 13.8. The van der Waals surface area contributed by atoms with Gasteiger partial charge in [0.2, 0.25) is 10.0 Å². The Balaban J connectivity index is 3.46. The van der Waals surface area contributed by atoms with E-state index in [0.717, 1.165) is 10.4 Å². The fourth-order valence-electron chi connectivity index (χ4n) is 1.29. The third-order valence-electron chi connectivity index (χ3n) is 2.25. The average molecular weight is 339 g/mol. The van der Waals surface area contributed by atoms with E-state index in [0.29, 0.717) is 0 Å². The van der Waals surface area contributed by atoms with Crippen LogP contribution in [-0.2, 0) is 19.8 Å². The molecule has 0 aliphatic heterocycles. The zero-order valence-electron chi connectivity index (χ0n) is 11.5. The molecule has 0 bridgehead atoms. The highest BCUT2D eigenvalue weighted by Gasteiger charge is 2.20. The van der Waals surface area contributed by atoms with Gasteiger partial charge in [-0.15, -0.1) is 0 Å². The molecular formula is C11H15ClN2O4S2. The van der Waals surface area contributed by atoms with E-state index in [9.17, 15) is 17.4 Å². The maximum absolute atomic E-state index is 12.0. The van der Waals surface area contributed by atoms with Gasteiger partial charge in [-0.2, -0.15) is 4.36 Å². The Morgan fingerprint density at radius 2 is 1.75 bits per heavy atom. The van der Waals surface area contributed by atoms with Crippen LogP contribution in [0.25, 0.3) is 0 Å². The smallest absolute Gasteiger partial charge is 0.266 e. The largest absolute Gasteiger partial charge is 0.286 e. The second kappa shape index (κ2) is 5.80. The van der Waals surface area contributed by atoms with Crippen LogP contribution >= 0.6 is 11.6 Å². The molecule has 0 unspecified atom stereocenters. The van der Waals surface area contributed by atoms with Crippen molar-refractivity contribution >= 4 is 37.3 Å². The summed E-state index contributed by atoms with van der Waals surface area (Å²) in [6.45, 7) is 0. The average Bonchev–Trinajstić information content (AvgIpc) is 2.26. The maximum atomic E-state index is 12.0. The molecule has 0 aromatic heterocycles. The van der Waals surface area contributed by atoms with Gasteiger partial charge in [-0.25, -0.2) is 16.9 Å². The molecule has 9 heteroatoms. The van der Waals surface area contributed by atoms with E-state index in [1.807, 2.05) is 0 Å². The predicted octanol–water partition coefficient (Wildman–Crippen LogP) is 1.46. The van der Waals surface area contributed by atoms with E-state index in [2.05, 4.69) is 4.36 Å². The lowest BCUT2D eigenvalue weighted by atomic mass is 10.2. The van der Waals surface area contributed by atoms with Crippen LogP contribution in [0.15, 0.2) is 27.5 Å². The molecule has 0 heterocycles. The molecule has 0 atom stereocenters. The molecule has 1 aromatic rings. The Morgan fingerprint density at radius 1 is 1.20 bits per heavy atom. The molecule has 20 heavy (non-hydrogen) atoms. The normalized spacial score (nSPS) is 12.5. The molecule has 0 spiro atoms. The first-order valence-electron chi connectivity index (χ1n) is 5.38. The van der Waals surface area contributed by atoms with Gasteiger partial charge in [-0.05, 0) is 18.2 Å². The number of nitrogens with zero attached hydrogens (tertiary/aromatic N) is 2. The highest BCUT2D eigenvalue weighted by molar-refractivity contribution is 7.92. The van der Waals surface area contributed by atoms with Gasteiger partial charge >= 0.3 is 0 Å². The summed E-state index contributed by atoms with van der Waals surface area (Å²) in [5.41, 5.74) is -0.0917. The summed E-state index contributed by atoms with van der Waals surface area (Å²) in [4.78, 5) is 11.8. The molecule has 1 aromatic carbocycles. The minimum Gasteiger partial charge on any atom is -0.266 e. The Morgan fingerprint density at radius 3 is 2.20 bits per heavy atom. The van der Waals surface area contributed by atoms with Crippen molar-refractivity contribution in [1.29, 1.82) is 0 Å². The monoisotopic (exact) mass is 338 g/mol. The number of carbonyl (C=O) groups excluding carboxylic acids is 1. The molecule has 1 amide bonds. The van der Waals surface area contributed by atoms with Gasteiger partial charge in [0, 0.05) is 36.3 Å². The van der Waals surface area contributed by atoms with E-state index in [1.165, 1.54) is 38.7 Å². The molecule has 1 rings (SSSR count). The summed E-state index contributed by atoms with van der Waals surface area (Å²) in [5, 5.41) is 0.0557. The molecule has 0 fully saturated rings. The summed E-state index contributed by atoms with van der Waals surface area (Å²) in [5.74, 6) is -0.805. The number of benzene rings is 1. The Labute approximate surface area is 124 Å².